The molecule has 1 aliphatic rings. The molecular formula is C16H24ClNO. The van der Waals surface area contributed by atoms with Gasteiger partial charge in [-0.25, -0.2) is 0 Å². The molecule has 2 nitrogen and oxygen atoms in total. The van der Waals surface area contributed by atoms with Gasteiger partial charge in [-0.1, -0.05) is 11.6 Å². The molecule has 0 atom stereocenters. The number of ether oxygens (including phenoxy) is 1. The summed E-state index contributed by atoms with van der Waals surface area (Å²) in [5.74, 6) is 1.09. The molecule has 0 radical (unpaired) electrons. The Bertz CT molecular complexity index is 437. The van der Waals surface area contributed by atoms with Crippen molar-refractivity contribution in [3.05, 3.63) is 28.3 Å². The minimum Gasteiger partial charge on any atom is -0.493 e. The molecule has 0 unspecified atom stereocenters. The summed E-state index contributed by atoms with van der Waals surface area (Å²) in [6.07, 6.45) is 4.39. The lowest BCUT2D eigenvalue weighted by atomic mass is 10.0. The van der Waals surface area contributed by atoms with Gasteiger partial charge in [0.2, 0.25) is 0 Å². The lowest BCUT2D eigenvalue weighted by Crippen LogP contribution is -2.36. The lowest BCUT2D eigenvalue weighted by molar-refractivity contribution is 0.352. The monoisotopic (exact) mass is 281 g/mol. The summed E-state index contributed by atoms with van der Waals surface area (Å²) >= 11 is 6.16. The molecule has 0 bridgehead atoms. The predicted molar refractivity (Wildman–Crippen MR) is 81.3 cm³/mol. The van der Waals surface area contributed by atoms with Crippen LogP contribution < -0.4 is 10.1 Å². The minimum atomic E-state index is 0.209. The molecule has 1 aromatic rings. The van der Waals surface area contributed by atoms with Crippen LogP contribution >= 0.6 is 11.6 Å². The van der Waals surface area contributed by atoms with Crippen LogP contribution in [0.4, 0.5) is 0 Å². The Morgan fingerprint density at radius 1 is 1.26 bits per heavy atom. The highest BCUT2D eigenvalue weighted by Crippen LogP contribution is 2.33. The average Bonchev–Trinajstić information content (AvgIpc) is 2.74. The average molecular weight is 282 g/mol. The van der Waals surface area contributed by atoms with E-state index in [0.717, 1.165) is 36.8 Å². The van der Waals surface area contributed by atoms with Crippen LogP contribution in [0.3, 0.4) is 0 Å². The van der Waals surface area contributed by atoms with E-state index in [0.29, 0.717) is 0 Å². The van der Waals surface area contributed by atoms with Crippen LogP contribution in [-0.4, -0.2) is 18.7 Å². The topological polar surface area (TPSA) is 21.3 Å². The van der Waals surface area contributed by atoms with Crippen LogP contribution in [0, 0.1) is 0 Å². The van der Waals surface area contributed by atoms with Crippen molar-refractivity contribution in [2.75, 3.05) is 13.2 Å². The van der Waals surface area contributed by atoms with Crippen molar-refractivity contribution >= 4 is 11.6 Å². The van der Waals surface area contributed by atoms with Crippen molar-refractivity contribution in [2.45, 2.75) is 52.0 Å². The van der Waals surface area contributed by atoms with Crippen molar-refractivity contribution in [1.29, 1.82) is 0 Å². The highest BCUT2D eigenvalue weighted by molar-refractivity contribution is 6.30. The van der Waals surface area contributed by atoms with Gasteiger partial charge in [-0.2, -0.15) is 0 Å². The molecule has 1 aliphatic heterocycles. The Balaban J connectivity index is 1.84. The number of aryl methyl sites for hydroxylation is 1. The Hall–Kier alpha value is -0.730. The number of hydrogen-bond acceptors (Lipinski definition) is 2. The molecule has 1 N–H and O–H groups in total. The van der Waals surface area contributed by atoms with E-state index >= 15 is 0 Å². The molecule has 1 heterocycles. The fourth-order valence-corrected chi connectivity index (χ4v) is 2.70. The summed E-state index contributed by atoms with van der Waals surface area (Å²) in [4.78, 5) is 0. The standard InChI is InChI=1S/C16H24ClNO/c1-16(2,3)18-8-5-4-6-12-10-14(17)11-13-7-9-19-15(12)13/h10-11,18H,4-9H2,1-3H3. The molecule has 2 rings (SSSR count). The maximum atomic E-state index is 6.16. The van der Waals surface area contributed by atoms with Gasteiger partial charge in [-0.05, 0) is 69.8 Å². The minimum absolute atomic E-state index is 0.209. The first-order valence-electron chi connectivity index (χ1n) is 7.15. The SMILES string of the molecule is CC(C)(C)NCCCCc1cc(Cl)cc2c1OCC2. The van der Waals surface area contributed by atoms with Gasteiger partial charge in [-0.3, -0.25) is 0 Å². The second-order valence-electron chi connectivity index (χ2n) is 6.29. The quantitative estimate of drug-likeness (QED) is 0.824. The summed E-state index contributed by atoms with van der Waals surface area (Å²) < 4.78 is 5.72. The number of fused-ring (bicyclic) bond motifs is 1. The predicted octanol–water partition coefficient (Wildman–Crippen LogP) is 3.99. The molecular weight excluding hydrogens is 258 g/mol. The summed E-state index contributed by atoms with van der Waals surface area (Å²) in [7, 11) is 0. The van der Waals surface area contributed by atoms with Gasteiger partial charge < -0.3 is 10.1 Å². The normalized spacial score (nSPS) is 14.3. The van der Waals surface area contributed by atoms with Crippen molar-refractivity contribution in [3.8, 4) is 5.75 Å². The largest absolute Gasteiger partial charge is 0.493 e. The lowest BCUT2D eigenvalue weighted by Gasteiger charge is -2.20. The second kappa shape index (κ2) is 6.15. The molecule has 0 fully saturated rings. The van der Waals surface area contributed by atoms with E-state index in [1.165, 1.54) is 24.0 Å². The van der Waals surface area contributed by atoms with Gasteiger partial charge in [-0.15, -0.1) is 0 Å². The van der Waals surface area contributed by atoms with Gasteiger partial charge in [0.1, 0.15) is 5.75 Å². The summed E-state index contributed by atoms with van der Waals surface area (Å²) in [6, 6.07) is 4.09. The van der Waals surface area contributed by atoms with Crippen LogP contribution in [-0.2, 0) is 12.8 Å². The third kappa shape index (κ3) is 4.39. The second-order valence-corrected chi connectivity index (χ2v) is 6.72. The molecule has 0 amide bonds. The number of unbranched alkanes of at least 4 members (excludes halogenated alkanes) is 1. The molecule has 0 aromatic heterocycles. The zero-order valence-electron chi connectivity index (χ0n) is 12.2. The molecule has 3 heteroatoms. The van der Waals surface area contributed by atoms with Crippen LogP contribution in [0.15, 0.2) is 12.1 Å². The molecule has 106 valence electrons. The number of hydrogen-bond donors (Lipinski definition) is 1. The molecule has 0 saturated carbocycles. The van der Waals surface area contributed by atoms with Gasteiger partial charge in [0.25, 0.3) is 0 Å². The van der Waals surface area contributed by atoms with Crippen LogP contribution in [0.5, 0.6) is 5.75 Å². The number of benzene rings is 1. The fraction of sp³-hybridized carbons (Fsp3) is 0.625. The Morgan fingerprint density at radius 3 is 2.79 bits per heavy atom. The van der Waals surface area contributed by atoms with E-state index in [9.17, 15) is 0 Å². The zero-order chi connectivity index (χ0) is 13.9. The molecule has 1 aromatic carbocycles. The Labute approximate surface area is 121 Å². The van der Waals surface area contributed by atoms with Crippen molar-refractivity contribution < 1.29 is 4.74 Å². The van der Waals surface area contributed by atoms with E-state index in [1.807, 2.05) is 6.07 Å². The van der Waals surface area contributed by atoms with Crippen molar-refractivity contribution in [2.24, 2.45) is 0 Å². The van der Waals surface area contributed by atoms with Crippen LogP contribution in [0.1, 0.15) is 44.7 Å². The number of rotatable bonds is 5. The van der Waals surface area contributed by atoms with Gasteiger partial charge in [0.15, 0.2) is 0 Å². The first kappa shape index (κ1) is 14.7. The highest BCUT2D eigenvalue weighted by Gasteiger charge is 2.17. The molecule has 0 spiro atoms. The van der Waals surface area contributed by atoms with Gasteiger partial charge in [0, 0.05) is 17.0 Å². The van der Waals surface area contributed by atoms with E-state index in [1.54, 1.807) is 0 Å². The Kier molecular flexibility index (Phi) is 4.75. The first-order valence-corrected chi connectivity index (χ1v) is 7.53. The maximum absolute atomic E-state index is 6.16. The zero-order valence-corrected chi connectivity index (χ0v) is 12.9. The molecule has 19 heavy (non-hydrogen) atoms. The summed E-state index contributed by atoms with van der Waals surface area (Å²) in [5.41, 5.74) is 2.76. The smallest absolute Gasteiger partial charge is 0.125 e. The van der Waals surface area contributed by atoms with Crippen molar-refractivity contribution in [1.82, 2.24) is 5.32 Å². The fourth-order valence-electron chi connectivity index (χ4n) is 2.44. The Morgan fingerprint density at radius 2 is 2.05 bits per heavy atom. The first-order chi connectivity index (χ1) is 8.96. The van der Waals surface area contributed by atoms with E-state index in [4.69, 9.17) is 16.3 Å². The number of nitrogens with one attached hydrogen (secondary N) is 1. The highest BCUT2D eigenvalue weighted by atomic mass is 35.5. The number of halogens is 1. The van der Waals surface area contributed by atoms with E-state index in [2.05, 4.69) is 32.2 Å². The van der Waals surface area contributed by atoms with Crippen LogP contribution in [0.2, 0.25) is 5.02 Å². The maximum Gasteiger partial charge on any atom is 0.125 e. The molecule has 0 saturated heterocycles. The van der Waals surface area contributed by atoms with Crippen LogP contribution in [0.25, 0.3) is 0 Å². The van der Waals surface area contributed by atoms with E-state index in [-0.39, 0.29) is 5.54 Å². The van der Waals surface area contributed by atoms with Gasteiger partial charge >= 0.3 is 0 Å². The van der Waals surface area contributed by atoms with Gasteiger partial charge in [0.05, 0.1) is 6.61 Å². The van der Waals surface area contributed by atoms with Crippen molar-refractivity contribution in [3.63, 3.8) is 0 Å². The summed E-state index contributed by atoms with van der Waals surface area (Å²) in [6.45, 7) is 8.46. The third-order valence-electron chi connectivity index (χ3n) is 3.35. The van der Waals surface area contributed by atoms with E-state index < -0.39 is 0 Å². The summed E-state index contributed by atoms with van der Waals surface area (Å²) in [5, 5.41) is 4.35. The third-order valence-corrected chi connectivity index (χ3v) is 3.57. The molecule has 0 aliphatic carbocycles.